The predicted octanol–water partition coefficient (Wildman–Crippen LogP) is 5.25. The zero-order valence-electron chi connectivity index (χ0n) is 16.9. The van der Waals surface area contributed by atoms with Crippen molar-refractivity contribution in [2.45, 2.75) is 32.6 Å². The van der Waals surface area contributed by atoms with Gasteiger partial charge in [-0.3, -0.25) is 19.8 Å². The number of nitrogens with zero attached hydrogens (tertiary/aromatic N) is 3. The number of benzene rings is 1. The first-order valence-corrected chi connectivity index (χ1v) is 10.8. The molecule has 2 aliphatic rings. The summed E-state index contributed by atoms with van der Waals surface area (Å²) in [5.41, 5.74) is 8.33. The maximum atomic E-state index is 13.4. The first-order chi connectivity index (χ1) is 14.6. The van der Waals surface area contributed by atoms with E-state index < -0.39 is 10.8 Å². The lowest BCUT2D eigenvalue weighted by Gasteiger charge is -2.43. The number of rotatable bonds is 3. The molecule has 1 aliphatic heterocycles. The molecule has 31 heavy (non-hydrogen) atoms. The van der Waals surface area contributed by atoms with E-state index in [9.17, 15) is 20.2 Å². The molecule has 9 heteroatoms. The molecule has 1 aliphatic carbocycles. The number of nitrogens with two attached hydrogens (primary N) is 1. The number of hydrogen-bond donors (Lipinski definition) is 1. The summed E-state index contributed by atoms with van der Waals surface area (Å²) < 4.78 is 0. The van der Waals surface area contributed by atoms with Crippen molar-refractivity contribution in [2.75, 3.05) is 4.90 Å². The molecule has 0 saturated carbocycles. The molecule has 2 aromatic rings. The summed E-state index contributed by atoms with van der Waals surface area (Å²) in [5, 5.41) is 21.7. The molecule has 0 saturated heterocycles. The van der Waals surface area contributed by atoms with Crippen LogP contribution in [0.15, 0.2) is 59.1 Å². The fourth-order valence-electron chi connectivity index (χ4n) is 4.27. The van der Waals surface area contributed by atoms with Gasteiger partial charge in [0, 0.05) is 39.3 Å². The summed E-state index contributed by atoms with van der Waals surface area (Å²) in [6.07, 6.45) is 0.892. The van der Waals surface area contributed by atoms with Crippen LogP contribution in [0.1, 0.15) is 37.5 Å². The molecule has 1 aromatic heterocycles. The van der Waals surface area contributed by atoms with Gasteiger partial charge in [0.25, 0.3) is 0 Å². The molecule has 0 fully saturated rings. The second-order valence-corrected chi connectivity index (χ2v) is 9.92. The van der Waals surface area contributed by atoms with Crippen LogP contribution in [0.2, 0.25) is 5.02 Å². The number of nitro groups is 1. The second-order valence-electron chi connectivity index (χ2n) is 8.39. The number of ketones is 1. The Morgan fingerprint density at radius 3 is 2.52 bits per heavy atom. The Bertz CT molecular complexity index is 1200. The zero-order valence-corrected chi connectivity index (χ0v) is 18.5. The molecule has 4 rings (SSSR count). The van der Waals surface area contributed by atoms with E-state index in [0.717, 1.165) is 17.0 Å². The molecule has 0 radical (unpaired) electrons. The van der Waals surface area contributed by atoms with E-state index in [0.29, 0.717) is 34.0 Å². The maximum absolute atomic E-state index is 13.4. The fraction of sp³-hybridized carbons (Fsp3) is 0.273. The topological polar surface area (TPSA) is 113 Å². The smallest absolute Gasteiger partial charge is 0.324 e. The summed E-state index contributed by atoms with van der Waals surface area (Å²) in [4.78, 5) is 26.4. The highest BCUT2D eigenvalue weighted by atomic mass is 35.5. The summed E-state index contributed by atoms with van der Waals surface area (Å²) >= 11 is 7.01. The molecular formula is C22H19ClN4O3S. The minimum Gasteiger partial charge on any atom is -0.384 e. The van der Waals surface area contributed by atoms with Crippen LogP contribution in [0, 0.1) is 26.9 Å². The van der Waals surface area contributed by atoms with Crippen LogP contribution in [0.5, 0.6) is 0 Å². The van der Waals surface area contributed by atoms with Gasteiger partial charge in [0.2, 0.25) is 0 Å². The highest BCUT2D eigenvalue weighted by Gasteiger charge is 2.45. The number of halogens is 1. The van der Waals surface area contributed by atoms with E-state index in [4.69, 9.17) is 17.3 Å². The van der Waals surface area contributed by atoms with Gasteiger partial charge in [-0.15, -0.1) is 0 Å². The van der Waals surface area contributed by atoms with Crippen LogP contribution in [0.3, 0.4) is 0 Å². The van der Waals surface area contributed by atoms with Crippen LogP contribution in [0.4, 0.5) is 10.7 Å². The van der Waals surface area contributed by atoms with Crippen molar-refractivity contribution in [3.05, 3.63) is 79.1 Å². The number of nitriles is 1. The third-order valence-corrected chi connectivity index (χ3v) is 6.90. The summed E-state index contributed by atoms with van der Waals surface area (Å²) in [6, 6.07) is 12.2. The van der Waals surface area contributed by atoms with Crippen molar-refractivity contribution >= 4 is 39.4 Å². The minimum absolute atomic E-state index is 0.0447. The lowest BCUT2D eigenvalue weighted by Crippen LogP contribution is -2.42. The second kappa shape index (κ2) is 7.52. The van der Waals surface area contributed by atoms with Crippen molar-refractivity contribution in [2.24, 2.45) is 11.1 Å². The SMILES string of the molecule is CC1(C)CC(=O)C2=C(C1)N(c1ccc(Cl)cc1)C(N)=C(C#N)C2c1ccc([N+](=O)[O-])s1. The number of carbonyl (C=O) groups excluding carboxylic acids is 1. The third kappa shape index (κ3) is 3.60. The van der Waals surface area contributed by atoms with E-state index in [2.05, 4.69) is 6.07 Å². The monoisotopic (exact) mass is 454 g/mol. The average molecular weight is 455 g/mol. The molecule has 1 aromatic carbocycles. The molecule has 1 atom stereocenters. The van der Waals surface area contributed by atoms with Gasteiger partial charge >= 0.3 is 5.00 Å². The van der Waals surface area contributed by atoms with Crippen LogP contribution in [-0.4, -0.2) is 10.7 Å². The number of carbonyl (C=O) groups is 1. The Morgan fingerprint density at radius 2 is 1.94 bits per heavy atom. The zero-order chi connectivity index (χ0) is 22.5. The van der Waals surface area contributed by atoms with Crippen LogP contribution in [0.25, 0.3) is 0 Å². The van der Waals surface area contributed by atoms with Crippen LogP contribution in [-0.2, 0) is 4.79 Å². The van der Waals surface area contributed by atoms with E-state index >= 15 is 0 Å². The van der Waals surface area contributed by atoms with Crippen molar-refractivity contribution in [3.63, 3.8) is 0 Å². The lowest BCUT2D eigenvalue weighted by molar-refractivity contribution is -0.380. The largest absolute Gasteiger partial charge is 0.384 e. The Balaban J connectivity index is 1.97. The minimum atomic E-state index is -0.717. The van der Waals surface area contributed by atoms with Gasteiger partial charge in [0.05, 0.1) is 22.5 Å². The highest BCUT2D eigenvalue weighted by Crippen LogP contribution is 2.51. The van der Waals surface area contributed by atoms with E-state index in [1.807, 2.05) is 13.8 Å². The Morgan fingerprint density at radius 1 is 1.26 bits per heavy atom. The predicted molar refractivity (Wildman–Crippen MR) is 120 cm³/mol. The van der Waals surface area contributed by atoms with Gasteiger partial charge in [-0.25, -0.2) is 0 Å². The van der Waals surface area contributed by atoms with E-state index in [1.54, 1.807) is 35.2 Å². The molecule has 0 spiro atoms. The van der Waals surface area contributed by atoms with Gasteiger partial charge in [-0.1, -0.05) is 36.8 Å². The first kappa shape index (κ1) is 21.1. The van der Waals surface area contributed by atoms with Crippen LogP contribution < -0.4 is 10.6 Å². The summed E-state index contributed by atoms with van der Waals surface area (Å²) in [6.45, 7) is 4.03. The number of anilines is 1. The van der Waals surface area contributed by atoms with Gasteiger partial charge in [-0.2, -0.15) is 5.26 Å². The average Bonchev–Trinajstić information content (AvgIpc) is 3.17. The standard InChI is InChI=1S/C22H19ClN4O3S/c1-22(2)9-15-20(16(28)10-22)19(17-7-8-18(31-17)27(29)30)14(11-24)21(25)26(15)13-5-3-12(23)4-6-13/h3-8,19H,9-10,25H2,1-2H3. The van der Waals surface area contributed by atoms with E-state index in [1.165, 1.54) is 6.07 Å². The van der Waals surface area contributed by atoms with Crippen molar-refractivity contribution in [1.82, 2.24) is 0 Å². The Labute approximate surface area is 188 Å². The molecule has 0 bridgehead atoms. The summed E-state index contributed by atoms with van der Waals surface area (Å²) in [5.74, 6) is -0.576. The van der Waals surface area contributed by atoms with Gasteiger partial charge < -0.3 is 5.73 Å². The van der Waals surface area contributed by atoms with E-state index in [-0.39, 0.29) is 27.6 Å². The number of allylic oxidation sites excluding steroid dienone is 3. The molecule has 158 valence electrons. The van der Waals surface area contributed by atoms with Gasteiger partial charge in [0.15, 0.2) is 5.78 Å². The van der Waals surface area contributed by atoms with Crippen molar-refractivity contribution in [3.8, 4) is 6.07 Å². The van der Waals surface area contributed by atoms with Crippen molar-refractivity contribution < 1.29 is 9.72 Å². The van der Waals surface area contributed by atoms with Crippen molar-refractivity contribution in [1.29, 1.82) is 5.26 Å². The summed E-state index contributed by atoms with van der Waals surface area (Å²) in [7, 11) is 0. The molecule has 1 unspecified atom stereocenters. The normalized spacial score (nSPS) is 20.5. The number of hydrogen-bond acceptors (Lipinski definition) is 7. The fourth-order valence-corrected chi connectivity index (χ4v) is 5.34. The van der Waals surface area contributed by atoms with Gasteiger partial charge in [-0.05, 0) is 42.2 Å². The third-order valence-electron chi connectivity index (χ3n) is 5.54. The number of thiophene rings is 1. The number of Topliss-reactive ketones (excluding diaryl/α,β-unsaturated/α-hetero) is 1. The molecule has 0 amide bonds. The first-order valence-electron chi connectivity index (χ1n) is 9.59. The molecule has 2 heterocycles. The molecule has 2 N–H and O–H groups in total. The maximum Gasteiger partial charge on any atom is 0.324 e. The molecule has 7 nitrogen and oxygen atoms in total. The lowest BCUT2D eigenvalue weighted by atomic mass is 9.69. The molecular weight excluding hydrogens is 436 g/mol. The Hall–Kier alpha value is -3.15. The quantitative estimate of drug-likeness (QED) is 0.500. The highest BCUT2D eigenvalue weighted by molar-refractivity contribution is 7.15. The Kier molecular flexibility index (Phi) is 5.12. The van der Waals surface area contributed by atoms with Crippen LogP contribution >= 0.6 is 22.9 Å². The van der Waals surface area contributed by atoms with Gasteiger partial charge in [0.1, 0.15) is 5.82 Å².